The van der Waals surface area contributed by atoms with Crippen molar-refractivity contribution in [1.82, 2.24) is 4.57 Å². The van der Waals surface area contributed by atoms with Gasteiger partial charge >= 0.3 is 5.97 Å². The molecule has 0 atom stereocenters. The first-order chi connectivity index (χ1) is 13.5. The molecule has 0 saturated carbocycles. The second-order valence-corrected chi connectivity index (χ2v) is 6.50. The average molecular weight is 399 g/mol. The van der Waals surface area contributed by atoms with Gasteiger partial charge in [0.15, 0.2) is 0 Å². The summed E-state index contributed by atoms with van der Waals surface area (Å²) in [5.74, 6) is -0.538. The minimum atomic E-state index is -0.371. The number of fused-ring (bicyclic) bond motifs is 1. The van der Waals surface area contributed by atoms with Crippen LogP contribution in [-0.2, 0) is 9.53 Å². The van der Waals surface area contributed by atoms with Gasteiger partial charge in [-0.2, -0.15) is 0 Å². The lowest BCUT2D eigenvalue weighted by Gasteiger charge is -2.14. The largest absolute Gasteiger partial charge is 0.494 e. The number of aromatic nitrogens is 1. The molecule has 3 aromatic rings. The van der Waals surface area contributed by atoms with Gasteiger partial charge in [0, 0.05) is 30.0 Å². The third-order valence-electron chi connectivity index (χ3n) is 4.31. The van der Waals surface area contributed by atoms with Gasteiger partial charge in [-0.3, -0.25) is 14.6 Å². The minimum Gasteiger partial charge on any atom is -0.494 e. The topological polar surface area (TPSA) is 80.9 Å². The number of esters is 1. The maximum absolute atomic E-state index is 13.0. The SMILES string of the molecule is COC(=O)CCCN=Cc1c(O)n(-c2ccccc2Cl)c(=O)c2ccccc12. The molecule has 1 N–H and O–H groups in total. The fraction of sp³-hybridized carbons (Fsp3) is 0.190. The number of methoxy groups -OCH3 is 1. The number of carbonyl (C=O) groups is 1. The molecule has 0 amide bonds. The van der Waals surface area contributed by atoms with Gasteiger partial charge < -0.3 is 9.84 Å². The monoisotopic (exact) mass is 398 g/mol. The molecule has 3 rings (SSSR count). The lowest BCUT2D eigenvalue weighted by atomic mass is 10.1. The molecule has 144 valence electrons. The quantitative estimate of drug-likeness (QED) is 0.390. The van der Waals surface area contributed by atoms with Gasteiger partial charge in [-0.05, 0) is 24.6 Å². The fourth-order valence-corrected chi connectivity index (χ4v) is 3.14. The first-order valence-corrected chi connectivity index (χ1v) is 9.10. The molecular weight excluding hydrogens is 380 g/mol. The lowest BCUT2D eigenvalue weighted by molar-refractivity contribution is -0.140. The molecular formula is C21H19ClN2O4. The minimum absolute atomic E-state index is 0.242. The first kappa shape index (κ1) is 19.6. The second kappa shape index (κ2) is 8.71. The van der Waals surface area contributed by atoms with E-state index in [0.717, 1.165) is 0 Å². The maximum Gasteiger partial charge on any atom is 0.305 e. The molecule has 0 fully saturated rings. The van der Waals surface area contributed by atoms with E-state index in [1.54, 1.807) is 48.5 Å². The van der Waals surface area contributed by atoms with E-state index in [1.165, 1.54) is 17.9 Å². The van der Waals surface area contributed by atoms with Gasteiger partial charge in [0.25, 0.3) is 5.56 Å². The molecule has 0 radical (unpaired) electrons. The molecule has 7 heteroatoms. The van der Waals surface area contributed by atoms with Crippen LogP contribution in [0.15, 0.2) is 58.3 Å². The van der Waals surface area contributed by atoms with Gasteiger partial charge in [-0.25, -0.2) is 4.57 Å². The van der Waals surface area contributed by atoms with Crippen molar-refractivity contribution < 1.29 is 14.6 Å². The Morgan fingerprint density at radius 2 is 1.86 bits per heavy atom. The van der Waals surface area contributed by atoms with Gasteiger partial charge in [-0.15, -0.1) is 0 Å². The smallest absolute Gasteiger partial charge is 0.305 e. The van der Waals surface area contributed by atoms with E-state index < -0.39 is 0 Å². The summed E-state index contributed by atoms with van der Waals surface area (Å²) in [6.07, 6.45) is 2.30. The van der Waals surface area contributed by atoms with Crippen molar-refractivity contribution in [3.63, 3.8) is 0 Å². The Labute approximate surface area is 166 Å². The highest BCUT2D eigenvalue weighted by molar-refractivity contribution is 6.32. The number of benzene rings is 2. The number of halogens is 1. The molecule has 0 bridgehead atoms. The van der Waals surface area contributed by atoms with Crippen molar-refractivity contribution in [2.75, 3.05) is 13.7 Å². The van der Waals surface area contributed by atoms with E-state index in [-0.39, 0.29) is 23.8 Å². The molecule has 1 heterocycles. The summed E-state index contributed by atoms with van der Waals surface area (Å²) in [6, 6.07) is 13.8. The maximum atomic E-state index is 13.0. The highest BCUT2D eigenvalue weighted by Crippen LogP contribution is 2.28. The van der Waals surface area contributed by atoms with Crippen LogP contribution >= 0.6 is 11.6 Å². The number of carbonyl (C=O) groups excluding carboxylic acids is 1. The Morgan fingerprint density at radius 3 is 2.57 bits per heavy atom. The Hall–Kier alpha value is -3.12. The van der Waals surface area contributed by atoms with Crippen molar-refractivity contribution in [2.24, 2.45) is 4.99 Å². The number of hydrogen-bond acceptors (Lipinski definition) is 5. The summed E-state index contributed by atoms with van der Waals surface area (Å²) in [6.45, 7) is 0.383. The van der Waals surface area contributed by atoms with Crippen LogP contribution < -0.4 is 5.56 Å². The van der Waals surface area contributed by atoms with Crippen molar-refractivity contribution in [1.29, 1.82) is 0 Å². The number of ether oxygens (including phenoxy) is 1. The van der Waals surface area contributed by atoms with E-state index >= 15 is 0 Å². The molecule has 0 aliphatic carbocycles. The van der Waals surface area contributed by atoms with Gasteiger partial charge in [-0.1, -0.05) is 41.9 Å². The third-order valence-corrected chi connectivity index (χ3v) is 4.63. The standard InChI is InChI=1S/C21H19ClN2O4/c1-28-19(25)11-6-12-23-13-16-14-7-2-3-8-15(14)20(26)24(21(16)27)18-10-5-4-9-17(18)22/h2-5,7-10,13,27H,6,11-12H2,1H3. The molecule has 0 unspecified atom stereocenters. The molecule has 0 aliphatic heterocycles. The number of aromatic hydroxyl groups is 1. The van der Waals surface area contributed by atoms with Crippen molar-refractivity contribution in [3.05, 3.63) is 69.5 Å². The summed E-state index contributed by atoms with van der Waals surface area (Å²) in [5, 5.41) is 12.2. The zero-order valence-corrected chi connectivity index (χ0v) is 16.0. The Bertz CT molecular complexity index is 1110. The number of pyridine rings is 1. The predicted molar refractivity (Wildman–Crippen MR) is 110 cm³/mol. The average Bonchev–Trinajstić information content (AvgIpc) is 2.71. The second-order valence-electron chi connectivity index (χ2n) is 6.09. The summed E-state index contributed by atoms with van der Waals surface area (Å²) in [5.41, 5.74) is 0.426. The normalized spacial score (nSPS) is 11.2. The zero-order chi connectivity index (χ0) is 20.1. The number of rotatable bonds is 6. The van der Waals surface area contributed by atoms with E-state index in [1.807, 2.05) is 0 Å². The zero-order valence-electron chi connectivity index (χ0n) is 15.3. The molecule has 0 saturated heterocycles. The van der Waals surface area contributed by atoms with Gasteiger partial charge in [0.2, 0.25) is 5.88 Å². The van der Waals surface area contributed by atoms with E-state index in [9.17, 15) is 14.7 Å². The van der Waals surface area contributed by atoms with E-state index in [2.05, 4.69) is 9.73 Å². The number of hydrogen-bond donors (Lipinski definition) is 1. The third kappa shape index (κ3) is 3.92. The van der Waals surface area contributed by atoms with Crippen molar-refractivity contribution >= 4 is 34.6 Å². The molecule has 6 nitrogen and oxygen atoms in total. The fourth-order valence-electron chi connectivity index (χ4n) is 2.92. The number of para-hydroxylation sites is 1. The van der Waals surface area contributed by atoms with Crippen LogP contribution in [0.3, 0.4) is 0 Å². The predicted octanol–water partition coefficient (Wildman–Crippen LogP) is 3.72. The van der Waals surface area contributed by atoms with Gasteiger partial charge in [0.05, 0.1) is 23.4 Å². The van der Waals surface area contributed by atoms with Crippen LogP contribution in [-0.4, -0.2) is 35.5 Å². The number of aliphatic imine (C=N–C) groups is 1. The van der Waals surface area contributed by atoms with Crippen molar-refractivity contribution in [2.45, 2.75) is 12.8 Å². The summed E-state index contributed by atoms with van der Waals surface area (Å²) in [7, 11) is 1.34. The molecule has 1 aromatic heterocycles. The Balaban J connectivity index is 2.08. The van der Waals surface area contributed by atoms with Crippen LogP contribution in [0.1, 0.15) is 18.4 Å². The van der Waals surface area contributed by atoms with E-state index in [4.69, 9.17) is 11.6 Å². The molecule has 2 aromatic carbocycles. The molecule has 0 spiro atoms. The van der Waals surface area contributed by atoms with Crippen LogP contribution in [0, 0.1) is 0 Å². The van der Waals surface area contributed by atoms with Crippen molar-refractivity contribution in [3.8, 4) is 11.6 Å². The van der Waals surface area contributed by atoms with Crippen LogP contribution in [0.4, 0.5) is 0 Å². The Morgan fingerprint density at radius 1 is 1.18 bits per heavy atom. The molecule has 28 heavy (non-hydrogen) atoms. The van der Waals surface area contributed by atoms with E-state index in [0.29, 0.717) is 40.0 Å². The number of nitrogens with zero attached hydrogens (tertiary/aromatic N) is 2. The van der Waals surface area contributed by atoms with Crippen LogP contribution in [0.25, 0.3) is 16.5 Å². The van der Waals surface area contributed by atoms with Gasteiger partial charge in [0.1, 0.15) is 0 Å². The highest BCUT2D eigenvalue weighted by Gasteiger charge is 2.17. The lowest BCUT2D eigenvalue weighted by Crippen LogP contribution is -2.20. The summed E-state index contributed by atoms with van der Waals surface area (Å²) < 4.78 is 5.78. The summed E-state index contributed by atoms with van der Waals surface area (Å²) in [4.78, 5) is 28.5. The first-order valence-electron chi connectivity index (χ1n) is 8.73. The highest BCUT2D eigenvalue weighted by atomic mass is 35.5. The van der Waals surface area contributed by atoms with Crippen LogP contribution in [0.2, 0.25) is 5.02 Å². The Kier molecular flexibility index (Phi) is 6.11. The summed E-state index contributed by atoms with van der Waals surface area (Å²) >= 11 is 6.25. The van der Waals surface area contributed by atoms with Crippen LogP contribution in [0.5, 0.6) is 5.88 Å². The molecule has 0 aliphatic rings.